The second-order valence-corrected chi connectivity index (χ2v) is 7.13. The molecule has 3 rings (SSSR count). The maximum atomic E-state index is 4.66. The van der Waals surface area contributed by atoms with Crippen LogP contribution in [-0.4, -0.2) is 55.2 Å². The standard InChI is InChI=1S/C17H23BrN6/c1-22(2)15-8-10-20-17(21-15)23(3)13-6-5-11-24(12-13)16-14(18)7-4-9-19-16/h4,7-10,13H,5-6,11-12H2,1-3H3. The SMILES string of the molecule is CN(C)c1ccnc(N(C)C2CCCN(c3ncccc3Br)C2)n1. The maximum absolute atomic E-state index is 4.66. The Hall–Kier alpha value is -1.89. The zero-order valence-electron chi connectivity index (χ0n) is 14.4. The summed E-state index contributed by atoms with van der Waals surface area (Å²) < 4.78 is 1.04. The monoisotopic (exact) mass is 390 g/mol. The summed E-state index contributed by atoms with van der Waals surface area (Å²) in [4.78, 5) is 20.2. The maximum Gasteiger partial charge on any atom is 0.227 e. The molecule has 0 N–H and O–H groups in total. The summed E-state index contributed by atoms with van der Waals surface area (Å²) in [6.07, 6.45) is 5.93. The van der Waals surface area contributed by atoms with E-state index in [4.69, 9.17) is 0 Å². The predicted molar refractivity (Wildman–Crippen MR) is 102 cm³/mol. The molecule has 0 aliphatic carbocycles. The van der Waals surface area contributed by atoms with E-state index in [9.17, 15) is 0 Å². The van der Waals surface area contributed by atoms with Gasteiger partial charge in [-0.25, -0.2) is 9.97 Å². The molecule has 2 aromatic rings. The molecule has 128 valence electrons. The van der Waals surface area contributed by atoms with Gasteiger partial charge in [-0.2, -0.15) is 4.98 Å². The molecule has 6 nitrogen and oxygen atoms in total. The van der Waals surface area contributed by atoms with Crippen LogP contribution in [0.25, 0.3) is 0 Å². The van der Waals surface area contributed by atoms with Crippen molar-refractivity contribution in [1.29, 1.82) is 0 Å². The molecule has 1 saturated heterocycles. The lowest BCUT2D eigenvalue weighted by atomic mass is 10.0. The van der Waals surface area contributed by atoms with Crippen molar-refractivity contribution in [3.05, 3.63) is 35.1 Å². The van der Waals surface area contributed by atoms with Gasteiger partial charge in [0.05, 0.1) is 4.47 Å². The van der Waals surface area contributed by atoms with Gasteiger partial charge < -0.3 is 14.7 Å². The first kappa shape index (κ1) is 17.0. The molecule has 1 fully saturated rings. The molecule has 1 atom stereocenters. The van der Waals surface area contributed by atoms with Gasteiger partial charge in [0.15, 0.2) is 0 Å². The molecule has 1 aliphatic rings. The van der Waals surface area contributed by atoms with Crippen LogP contribution in [0.4, 0.5) is 17.6 Å². The second-order valence-electron chi connectivity index (χ2n) is 6.27. The Morgan fingerprint density at radius 2 is 2.00 bits per heavy atom. The first-order valence-corrected chi connectivity index (χ1v) is 8.94. The second kappa shape index (κ2) is 7.34. The minimum absolute atomic E-state index is 0.366. The molecule has 0 radical (unpaired) electrons. The molecular weight excluding hydrogens is 368 g/mol. The van der Waals surface area contributed by atoms with Crippen LogP contribution in [0.1, 0.15) is 12.8 Å². The zero-order valence-corrected chi connectivity index (χ0v) is 15.9. The zero-order chi connectivity index (χ0) is 17.1. The van der Waals surface area contributed by atoms with Gasteiger partial charge in [0.25, 0.3) is 0 Å². The molecule has 0 bridgehead atoms. The van der Waals surface area contributed by atoms with Crippen LogP contribution in [0.3, 0.4) is 0 Å². The van der Waals surface area contributed by atoms with E-state index < -0.39 is 0 Å². The van der Waals surface area contributed by atoms with E-state index in [0.717, 1.165) is 48.0 Å². The third kappa shape index (κ3) is 3.61. The fourth-order valence-electron chi connectivity index (χ4n) is 2.99. The van der Waals surface area contributed by atoms with Gasteiger partial charge in [0, 0.05) is 52.7 Å². The molecule has 0 aromatic carbocycles. The summed E-state index contributed by atoms with van der Waals surface area (Å²) in [6, 6.07) is 6.28. The van der Waals surface area contributed by atoms with Crippen LogP contribution in [0.15, 0.2) is 35.1 Å². The topological polar surface area (TPSA) is 48.4 Å². The molecule has 7 heteroatoms. The largest absolute Gasteiger partial charge is 0.363 e. The highest BCUT2D eigenvalue weighted by atomic mass is 79.9. The normalized spacial score (nSPS) is 17.7. The first-order chi connectivity index (χ1) is 11.6. The summed E-state index contributed by atoms with van der Waals surface area (Å²) in [5.41, 5.74) is 0. The van der Waals surface area contributed by atoms with Crippen molar-refractivity contribution < 1.29 is 0 Å². The minimum Gasteiger partial charge on any atom is -0.363 e. The Bertz CT molecular complexity index is 692. The van der Waals surface area contributed by atoms with Crippen molar-refractivity contribution >= 4 is 33.5 Å². The van der Waals surface area contributed by atoms with Gasteiger partial charge in [0.1, 0.15) is 11.6 Å². The summed E-state index contributed by atoms with van der Waals surface area (Å²) in [6.45, 7) is 1.94. The van der Waals surface area contributed by atoms with Crippen LogP contribution in [0.2, 0.25) is 0 Å². The molecule has 0 spiro atoms. The number of likely N-dealkylation sites (N-methyl/N-ethyl adjacent to an activating group) is 1. The summed E-state index contributed by atoms with van der Waals surface area (Å²) in [5, 5.41) is 0. The van der Waals surface area contributed by atoms with E-state index in [1.165, 1.54) is 0 Å². The molecular formula is C17H23BrN6. The predicted octanol–water partition coefficient (Wildman–Crippen LogP) is 2.81. The smallest absolute Gasteiger partial charge is 0.227 e. The number of hydrogen-bond donors (Lipinski definition) is 0. The lowest BCUT2D eigenvalue weighted by molar-refractivity contribution is 0.480. The molecule has 3 heterocycles. The third-order valence-electron chi connectivity index (χ3n) is 4.38. The van der Waals surface area contributed by atoms with Gasteiger partial charge in [0.2, 0.25) is 5.95 Å². The molecule has 0 amide bonds. The molecule has 24 heavy (non-hydrogen) atoms. The van der Waals surface area contributed by atoms with Crippen LogP contribution in [-0.2, 0) is 0 Å². The Morgan fingerprint density at radius 3 is 2.75 bits per heavy atom. The number of anilines is 3. The number of nitrogens with zero attached hydrogens (tertiary/aromatic N) is 6. The van der Waals surface area contributed by atoms with Crippen LogP contribution in [0.5, 0.6) is 0 Å². The lowest BCUT2D eigenvalue weighted by Gasteiger charge is -2.38. The number of hydrogen-bond acceptors (Lipinski definition) is 6. The highest BCUT2D eigenvalue weighted by molar-refractivity contribution is 9.10. The van der Waals surface area contributed by atoms with E-state index in [2.05, 4.69) is 47.7 Å². The first-order valence-electron chi connectivity index (χ1n) is 8.15. The van der Waals surface area contributed by atoms with Crippen molar-refractivity contribution in [2.45, 2.75) is 18.9 Å². The van der Waals surface area contributed by atoms with E-state index in [1.807, 2.05) is 49.6 Å². The van der Waals surface area contributed by atoms with Crippen molar-refractivity contribution in [2.24, 2.45) is 0 Å². The Labute approximate surface area is 151 Å². The van der Waals surface area contributed by atoms with Crippen molar-refractivity contribution in [3.8, 4) is 0 Å². The van der Waals surface area contributed by atoms with Crippen molar-refractivity contribution in [1.82, 2.24) is 15.0 Å². The Morgan fingerprint density at radius 1 is 1.17 bits per heavy atom. The van der Waals surface area contributed by atoms with Gasteiger partial charge in [-0.05, 0) is 47.0 Å². The highest BCUT2D eigenvalue weighted by Crippen LogP contribution is 2.28. The van der Waals surface area contributed by atoms with Gasteiger partial charge >= 0.3 is 0 Å². The molecule has 0 saturated carbocycles. The summed E-state index contributed by atoms with van der Waals surface area (Å²) >= 11 is 3.61. The van der Waals surface area contributed by atoms with Gasteiger partial charge in [-0.3, -0.25) is 0 Å². The number of aromatic nitrogens is 3. The Kier molecular flexibility index (Phi) is 5.18. The number of halogens is 1. The van der Waals surface area contributed by atoms with Crippen LogP contribution < -0.4 is 14.7 Å². The van der Waals surface area contributed by atoms with E-state index in [1.54, 1.807) is 0 Å². The van der Waals surface area contributed by atoms with E-state index >= 15 is 0 Å². The summed E-state index contributed by atoms with van der Waals surface area (Å²) in [5.74, 6) is 2.71. The average molecular weight is 391 g/mol. The Balaban J connectivity index is 1.77. The minimum atomic E-state index is 0.366. The quantitative estimate of drug-likeness (QED) is 0.799. The number of rotatable bonds is 4. The lowest BCUT2D eigenvalue weighted by Crippen LogP contribution is -2.47. The van der Waals surface area contributed by atoms with Crippen LogP contribution in [0, 0.1) is 0 Å². The van der Waals surface area contributed by atoms with Gasteiger partial charge in [-0.15, -0.1) is 0 Å². The number of pyridine rings is 1. The average Bonchev–Trinajstić information content (AvgIpc) is 2.61. The number of piperidine rings is 1. The van der Waals surface area contributed by atoms with Crippen molar-refractivity contribution in [3.63, 3.8) is 0 Å². The summed E-state index contributed by atoms with van der Waals surface area (Å²) in [7, 11) is 6.07. The van der Waals surface area contributed by atoms with Crippen molar-refractivity contribution in [2.75, 3.05) is 48.9 Å². The molecule has 2 aromatic heterocycles. The van der Waals surface area contributed by atoms with E-state index in [0.29, 0.717) is 6.04 Å². The fourth-order valence-corrected chi connectivity index (χ4v) is 3.50. The van der Waals surface area contributed by atoms with E-state index in [-0.39, 0.29) is 0 Å². The fraction of sp³-hybridized carbons (Fsp3) is 0.471. The third-order valence-corrected chi connectivity index (χ3v) is 5.00. The molecule has 1 unspecified atom stereocenters. The van der Waals surface area contributed by atoms with Crippen LogP contribution >= 0.6 is 15.9 Å². The molecule has 1 aliphatic heterocycles. The van der Waals surface area contributed by atoms with Gasteiger partial charge in [-0.1, -0.05) is 0 Å². The highest BCUT2D eigenvalue weighted by Gasteiger charge is 2.26.